The number of esters is 1. The van der Waals surface area contributed by atoms with Crippen molar-refractivity contribution in [1.29, 1.82) is 0 Å². The molecule has 6 heteroatoms. The maximum absolute atomic E-state index is 13.0. The molecule has 0 aliphatic carbocycles. The lowest BCUT2D eigenvalue weighted by Gasteiger charge is -2.14. The van der Waals surface area contributed by atoms with E-state index in [9.17, 15) is 14.0 Å². The summed E-state index contributed by atoms with van der Waals surface area (Å²) in [6, 6.07) is 3.00. The second kappa shape index (κ2) is 4.06. The number of anilines is 1. The number of nitrogens with one attached hydrogen (secondary N) is 2. The normalized spacial score (nSPS) is 25.8. The molecule has 0 spiro atoms. The molecule has 1 fully saturated rings. The highest BCUT2D eigenvalue weighted by molar-refractivity contribution is 6.02. The fraction of sp³-hybridized carbons (Fsp3) is 0.333. The van der Waals surface area contributed by atoms with Crippen molar-refractivity contribution in [2.24, 2.45) is 0 Å². The highest BCUT2D eigenvalue weighted by Gasteiger charge is 2.36. The maximum Gasteiger partial charge on any atom is 0.323 e. The first-order valence-corrected chi connectivity index (χ1v) is 5.68. The van der Waals surface area contributed by atoms with Crippen LogP contribution in [0.4, 0.5) is 10.1 Å². The molecule has 5 nitrogen and oxygen atoms in total. The molecule has 18 heavy (non-hydrogen) atoms. The smallest absolute Gasteiger partial charge is 0.323 e. The SMILES string of the molecule is O=C1OCCC1NC1C(=O)Nc2cc(F)ccc21. The number of carbonyl (C=O) groups excluding carboxylic acids is 2. The molecule has 2 aliphatic rings. The van der Waals surface area contributed by atoms with Crippen LogP contribution in [0.2, 0.25) is 0 Å². The van der Waals surface area contributed by atoms with Crippen molar-refractivity contribution in [3.63, 3.8) is 0 Å². The molecule has 1 saturated heterocycles. The van der Waals surface area contributed by atoms with Crippen molar-refractivity contribution in [2.45, 2.75) is 18.5 Å². The number of cyclic esters (lactones) is 1. The van der Waals surface area contributed by atoms with Crippen LogP contribution in [0.15, 0.2) is 18.2 Å². The highest BCUT2D eigenvalue weighted by atomic mass is 19.1. The number of benzene rings is 1. The Morgan fingerprint density at radius 3 is 2.94 bits per heavy atom. The molecule has 0 bridgehead atoms. The highest BCUT2D eigenvalue weighted by Crippen LogP contribution is 2.32. The zero-order valence-electron chi connectivity index (χ0n) is 9.40. The van der Waals surface area contributed by atoms with Gasteiger partial charge in [-0.2, -0.15) is 0 Å². The minimum absolute atomic E-state index is 0.282. The van der Waals surface area contributed by atoms with Crippen LogP contribution in [0.5, 0.6) is 0 Å². The van der Waals surface area contributed by atoms with Crippen molar-refractivity contribution < 1.29 is 18.7 Å². The average Bonchev–Trinajstić information content (AvgIpc) is 2.85. The Morgan fingerprint density at radius 2 is 2.22 bits per heavy atom. The lowest BCUT2D eigenvalue weighted by Crippen LogP contribution is -2.39. The van der Waals surface area contributed by atoms with Crippen LogP contribution >= 0.6 is 0 Å². The number of halogens is 1. The Balaban J connectivity index is 1.85. The van der Waals surface area contributed by atoms with Gasteiger partial charge in [0.15, 0.2) is 0 Å². The summed E-state index contributed by atoms with van der Waals surface area (Å²) in [6.45, 7) is 0.362. The summed E-state index contributed by atoms with van der Waals surface area (Å²) in [5.74, 6) is -1.04. The van der Waals surface area contributed by atoms with E-state index >= 15 is 0 Å². The minimum atomic E-state index is -0.628. The lowest BCUT2D eigenvalue weighted by molar-refractivity contribution is -0.139. The zero-order valence-corrected chi connectivity index (χ0v) is 9.40. The molecule has 2 unspecified atom stereocenters. The van der Waals surface area contributed by atoms with E-state index in [0.717, 1.165) is 0 Å². The maximum atomic E-state index is 13.0. The minimum Gasteiger partial charge on any atom is -0.464 e. The van der Waals surface area contributed by atoms with E-state index in [1.54, 1.807) is 6.07 Å². The molecule has 1 aromatic rings. The van der Waals surface area contributed by atoms with Crippen LogP contribution in [0, 0.1) is 5.82 Å². The van der Waals surface area contributed by atoms with Crippen molar-refractivity contribution >= 4 is 17.6 Å². The van der Waals surface area contributed by atoms with E-state index in [-0.39, 0.29) is 11.9 Å². The van der Waals surface area contributed by atoms with Crippen LogP contribution in [-0.4, -0.2) is 24.5 Å². The second-order valence-corrected chi connectivity index (χ2v) is 4.33. The topological polar surface area (TPSA) is 67.4 Å². The predicted octanol–water partition coefficient (Wildman–Crippen LogP) is 0.724. The standard InChI is InChI=1S/C12H11FN2O3/c13-6-1-2-7-9(5-6)15-11(16)10(7)14-8-3-4-18-12(8)17/h1-2,5,8,10,14H,3-4H2,(H,15,16). The van der Waals surface area contributed by atoms with E-state index in [1.165, 1.54) is 12.1 Å². The van der Waals surface area contributed by atoms with Gasteiger partial charge in [0, 0.05) is 17.7 Å². The number of amides is 1. The molecular weight excluding hydrogens is 239 g/mol. The molecule has 2 N–H and O–H groups in total. The molecule has 0 saturated carbocycles. The molecule has 2 atom stereocenters. The predicted molar refractivity (Wildman–Crippen MR) is 60.3 cm³/mol. The van der Waals surface area contributed by atoms with Gasteiger partial charge in [0.25, 0.3) is 0 Å². The molecule has 2 aliphatic heterocycles. The van der Waals surface area contributed by atoms with Gasteiger partial charge >= 0.3 is 5.97 Å². The van der Waals surface area contributed by atoms with Gasteiger partial charge in [-0.15, -0.1) is 0 Å². The summed E-state index contributed by atoms with van der Waals surface area (Å²) in [4.78, 5) is 23.1. The van der Waals surface area contributed by atoms with E-state index in [2.05, 4.69) is 10.6 Å². The van der Waals surface area contributed by atoms with Gasteiger partial charge in [-0.1, -0.05) is 6.07 Å². The summed E-state index contributed by atoms with van der Waals surface area (Å²) in [6.07, 6.45) is 0.541. The Hall–Kier alpha value is -1.95. The van der Waals surface area contributed by atoms with Crippen molar-refractivity contribution in [1.82, 2.24) is 5.32 Å². The number of rotatable bonds is 2. The fourth-order valence-corrected chi connectivity index (χ4v) is 2.25. The van der Waals surface area contributed by atoms with Gasteiger partial charge in [0.1, 0.15) is 17.9 Å². The Kier molecular flexibility index (Phi) is 2.52. The Bertz CT molecular complexity index is 532. The summed E-state index contributed by atoms with van der Waals surface area (Å²) in [5, 5.41) is 5.53. The third-order valence-electron chi connectivity index (χ3n) is 3.15. The van der Waals surface area contributed by atoms with Crippen LogP contribution in [0.25, 0.3) is 0 Å². The summed E-state index contributed by atoms with van der Waals surface area (Å²) in [5.41, 5.74) is 1.10. The van der Waals surface area contributed by atoms with Crippen LogP contribution in [0.1, 0.15) is 18.0 Å². The molecule has 3 rings (SSSR count). The first kappa shape index (κ1) is 11.2. The molecule has 0 aromatic heterocycles. The summed E-state index contributed by atoms with van der Waals surface area (Å²) in [7, 11) is 0. The van der Waals surface area contributed by atoms with Crippen molar-refractivity contribution in [2.75, 3.05) is 11.9 Å². The summed E-state index contributed by atoms with van der Waals surface area (Å²) >= 11 is 0. The number of hydrogen-bond donors (Lipinski definition) is 2. The van der Waals surface area contributed by atoms with Crippen LogP contribution in [-0.2, 0) is 14.3 Å². The molecule has 0 radical (unpaired) electrons. The molecule has 2 heterocycles. The third-order valence-corrected chi connectivity index (χ3v) is 3.15. The number of ether oxygens (including phenoxy) is 1. The van der Waals surface area contributed by atoms with Gasteiger partial charge < -0.3 is 10.1 Å². The molecule has 94 valence electrons. The van der Waals surface area contributed by atoms with E-state index in [0.29, 0.717) is 24.3 Å². The number of hydrogen-bond acceptors (Lipinski definition) is 4. The van der Waals surface area contributed by atoms with Gasteiger partial charge in [0.2, 0.25) is 5.91 Å². The molecular formula is C12H11FN2O3. The monoisotopic (exact) mass is 250 g/mol. The zero-order chi connectivity index (χ0) is 12.7. The molecule has 1 aromatic carbocycles. The van der Waals surface area contributed by atoms with Crippen LogP contribution in [0.3, 0.4) is 0 Å². The van der Waals surface area contributed by atoms with Gasteiger partial charge in [-0.3, -0.25) is 14.9 Å². The van der Waals surface area contributed by atoms with E-state index in [4.69, 9.17) is 4.74 Å². The van der Waals surface area contributed by atoms with Crippen LogP contribution < -0.4 is 10.6 Å². The van der Waals surface area contributed by atoms with Gasteiger partial charge in [0.05, 0.1) is 6.61 Å². The van der Waals surface area contributed by atoms with E-state index in [1.807, 2.05) is 0 Å². The Labute approximate surface area is 102 Å². The number of carbonyl (C=O) groups is 2. The Morgan fingerprint density at radius 1 is 1.39 bits per heavy atom. The first-order valence-electron chi connectivity index (χ1n) is 5.68. The average molecular weight is 250 g/mol. The van der Waals surface area contributed by atoms with Gasteiger partial charge in [-0.25, -0.2) is 4.39 Å². The second-order valence-electron chi connectivity index (χ2n) is 4.33. The molecule has 1 amide bonds. The lowest BCUT2D eigenvalue weighted by atomic mass is 10.1. The first-order chi connectivity index (χ1) is 8.65. The third kappa shape index (κ3) is 1.74. The van der Waals surface area contributed by atoms with Crippen molar-refractivity contribution in [3.05, 3.63) is 29.6 Å². The van der Waals surface area contributed by atoms with Crippen molar-refractivity contribution in [3.8, 4) is 0 Å². The number of fused-ring (bicyclic) bond motifs is 1. The largest absolute Gasteiger partial charge is 0.464 e. The fourth-order valence-electron chi connectivity index (χ4n) is 2.25. The summed E-state index contributed by atoms with van der Waals surface area (Å²) < 4.78 is 17.9. The van der Waals surface area contributed by atoms with E-state index < -0.39 is 17.9 Å². The van der Waals surface area contributed by atoms with Gasteiger partial charge in [-0.05, 0) is 12.1 Å². The quantitative estimate of drug-likeness (QED) is 0.759.